The first-order chi connectivity index (χ1) is 14.5. The van der Waals surface area contributed by atoms with Crippen LogP contribution >= 0.6 is 0 Å². The van der Waals surface area contributed by atoms with Crippen molar-refractivity contribution >= 4 is 12.0 Å². The lowest BCUT2D eigenvalue weighted by Gasteiger charge is -2.46. The van der Waals surface area contributed by atoms with Gasteiger partial charge in [-0.15, -0.1) is 0 Å². The Morgan fingerprint density at radius 2 is 1.71 bits per heavy atom. The van der Waals surface area contributed by atoms with E-state index in [0.29, 0.717) is 19.7 Å². The van der Waals surface area contributed by atoms with Gasteiger partial charge >= 0.3 is 6.09 Å². The van der Waals surface area contributed by atoms with Gasteiger partial charge in [0.05, 0.1) is 24.7 Å². The minimum atomic E-state index is -0.525. The average molecular weight is 438 g/mol. The minimum absolute atomic E-state index is 0.0493. The van der Waals surface area contributed by atoms with Crippen LogP contribution in [0.3, 0.4) is 0 Å². The fraction of sp³-hybridized carbons (Fsp3) is 0.917. The molecule has 3 aliphatic rings. The zero-order valence-electron chi connectivity index (χ0n) is 20.1. The summed E-state index contributed by atoms with van der Waals surface area (Å²) < 4.78 is 11.7. The van der Waals surface area contributed by atoms with E-state index in [1.54, 1.807) is 4.90 Å². The summed E-state index contributed by atoms with van der Waals surface area (Å²) in [5, 5.41) is 0. The maximum absolute atomic E-state index is 13.2. The van der Waals surface area contributed by atoms with Gasteiger partial charge in [-0.25, -0.2) is 4.79 Å². The third-order valence-electron chi connectivity index (χ3n) is 7.16. The minimum Gasteiger partial charge on any atom is -0.444 e. The van der Waals surface area contributed by atoms with Crippen LogP contribution in [0.5, 0.6) is 0 Å². The molecule has 1 saturated carbocycles. The molecule has 178 valence electrons. The van der Waals surface area contributed by atoms with E-state index in [9.17, 15) is 9.59 Å². The Labute approximate surface area is 188 Å². The van der Waals surface area contributed by atoms with E-state index >= 15 is 0 Å². The van der Waals surface area contributed by atoms with Crippen LogP contribution in [-0.2, 0) is 14.3 Å². The lowest BCUT2D eigenvalue weighted by atomic mass is 9.80. The van der Waals surface area contributed by atoms with Gasteiger partial charge in [-0.05, 0) is 71.1 Å². The van der Waals surface area contributed by atoms with Crippen LogP contribution in [0.25, 0.3) is 0 Å². The van der Waals surface area contributed by atoms with Crippen LogP contribution in [-0.4, -0.2) is 71.8 Å². The van der Waals surface area contributed by atoms with Gasteiger partial charge in [-0.2, -0.15) is 0 Å². The number of nitrogens with zero attached hydrogens (tertiary/aromatic N) is 2. The summed E-state index contributed by atoms with van der Waals surface area (Å²) in [5.41, 5.74) is 5.91. The molecule has 31 heavy (non-hydrogen) atoms. The van der Waals surface area contributed by atoms with Crippen LogP contribution in [0.15, 0.2) is 0 Å². The monoisotopic (exact) mass is 437 g/mol. The number of hydrogen-bond donors (Lipinski definition) is 1. The van der Waals surface area contributed by atoms with Gasteiger partial charge in [-0.1, -0.05) is 13.8 Å². The Kier molecular flexibility index (Phi) is 7.90. The molecule has 0 spiro atoms. The van der Waals surface area contributed by atoms with E-state index in [1.165, 1.54) is 12.8 Å². The summed E-state index contributed by atoms with van der Waals surface area (Å²) in [4.78, 5) is 28.9. The van der Waals surface area contributed by atoms with E-state index in [4.69, 9.17) is 15.2 Å². The van der Waals surface area contributed by atoms with Crippen molar-refractivity contribution in [1.82, 2.24) is 9.80 Å². The van der Waals surface area contributed by atoms with Crippen molar-refractivity contribution < 1.29 is 19.1 Å². The van der Waals surface area contributed by atoms with Crippen molar-refractivity contribution in [1.29, 1.82) is 0 Å². The highest BCUT2D eigenvalue weighted by molar-refractivity contribution is 5.83. The van der Waals surface area contributed by atoms with Gasteiger partial charge in [0.2, 0.25) is 5.91 Å². The predicted octanol–water partition coefficient (Wildman–Crippen LogP) is 3.40. The van der Waals surface area contributed by atoms with E-state index in [-0.39, 0.29) is 36.1 Å². The molecule has 0 radical (unpaired) electrons. The van der Waals surface area contributed by atoms with Gasteiger partial charge in [0.1, 0.15) is 5.60 Å². The fourth-order valence-corrected chi connectivity index (χ4v) is 5.08. The van der Waals surface area contributed by atoms with Gasteiger partial charge in [0.15, 0.2) is 0 Å². The molecule has 2 amide bonds. The number of rotatable bonds is 5. The zero-order valence-corrected chi connectivity index (χ0v) is 20.1. The summed E-state index contributed by atoms with van der Waals surface area (Å²) >= 11 is 0. The van der Waals surface area contributed by atoms with Crippen molar-refractivity contribution in [2.45, 2.75) is 96.9 Å². The molecule has 0 bridgehead atoms. The van der Waals surface area contributed by atoms with Gasteiger partial charge in [0, 0.05) is 25.7 Å². The number of hydrogen-bond acceptors (Lipinski definition) is 5. The third kappa shape index (κ3) is 6.35. The molecule has 2 saturated heterocycles. The summed E-state index contributed by atoms with van der Waals surface area (Å²) in [6.45, 7) is 12.3. The second kappa shape index (κ2) is 10.1. The number of amides is 2. The third-order valence-corrected chi connectivity index (χ3v) is 7.16. The van der Waals surface area contributed by atoms with Crippen LogP contribution in [0, 0.1) is 17.8 Å². The van der Waals surface area contributed by atoms with E-state index in [0.717, 1.165) is 44.1 Å². The predicted molar refractivity (Wildman–Crippen MR) is 121 cm³/mol. The lowest BCUT2D eigenvalue weighted by Crippen LogP contribution is -2.63. The average Bonchev–Trinajstić information content (AvgIpc) is 2.64. The number of piperidine rings is 1. The SMILES string of the molecule is CC(C)C1CCC(OC[C@H]2[C@@H](N)CCCN2C(=O)C2CN(C(=O)OC(C)(C)C)C2)CC1. The van der Waals surface area contributed by atoms with E-state index in [1.807, 2.05) is 25.7 Å². The zero-order chi connectivity index (χ0) is 22.8. The number of likely N-dealkylation sites (tertiary alicyclic amines) is 2. The van der Waals surface area contributed by atoms with Crippen LogP contribution in [0.4, 0.5) is 4.79 Å². The molecule has 0 aromatic carbocycles. The van der Waals surface area contributed by atoms with Crippen LogP contribution in [0.1, 0.15) is 73.1 Å². The van der Waals surface area contributed by atoms with Gasteiger partial charge in [0.25, 0.3) is 0 Å². The molecule has 2 aliphatic heterocycles. The van der Waals surface area contributed by atoms with Crippen molar-refractivity contribution in [2.75, 3.05) is 26.2 Å². The first-order valence-electron chi connectivity index (χ1n) is 12.2. The molecule has 7 heteroatoms. The highest BCUT2D eigenvalue weighted by Crippen LogP contribution is 2.32. The van der Waals surface area contributed by atoms with Crippen molar-refractivity contribution in [3.05, 3.63) is 0 Å². The quantitative estimate of drug-likeness (QED) is 0.712. The molecule has 1 aliphatic carbocycles. The smallest absolute Gasteiger partial charge is 0.410 e. The second-order valence-corrected chi connectivity index (χ2v) is 11.1. The van der Waals surface area contributed by atoms with E-state index < -0.39 is 5.60 Å². The van der Waals surface area contributed by atoms with Crippen molar-refractivity contribution in [3.63, 3.8) is 0 Å². The Bertz CT molecular complexity index is 619. The molecule has 2 atom stereocenters. The Hall–Kier alpha value is -1.34. The fourth-order valence-electron chi connectivity index (χ4n) is 5.08. The molecule has 0 unspecified atom stereocenters. The molecular weight excluding hydrogens is 394 g/mol. The highest BCUT2D eigenvalue weighted by Gasteiger charge is 2.43. The molecule has 3 fully saturated rings. The Balaban J connectivity index is 1.49. The highest BCUT2D eigenvalue weighted by atomic mass is 16.6. The van der Waals surface area contributed by atoms with Crippen molar-refractivity contribution in [3.8, 4) is 0 Å². The lowest BCUT2D eigenvalue weighted by molar-refractivity contribution is -0.147. The first kappa shape index (κ1) is 24.3. The number of nitrogens with two attached hydrogens (primary N) is 1. The molecule has 2 N–H and O–H groups in total. The summed E-state index contributed by atoms with van der Waals surface area (Å²) in [6, 6.07) is -0.119. The maximum Gasteiger partial charge on any atom is 0.410 e. The first-order valence-corrected chi connectivity index (χ1v) is 12.2. The topological polar surface area (TPSA) is 85.1 Å². The van der Waals surface area contributed by atoms with Crippen molar-refractivity contribution in [2.24, 2.45) is 23.5 Å². The molecular formula is C24H43N3O4. The van der Waals surface area contributed by atoms with Crippen LogP contribution < -0.4 is 5.73 Å². The summed E-state index contributed by atoms with van der Waals surface area (Å²) in [6.07, 6.45) is 6.45. The second-order valence-electron chi connectivity index (χ2n) is 11.1. The summed E-state index contributed by atoms with van der Waals surface area (Å²) in [7, 11) is 0. The van der Waals surface area contributed by atoms with Crippen LogP contribution in [0.2, 0.25) is 0 Å². The Morgan fingerprint density at radius 1 is 1.06 bits per heavy atom. The van der Waals surface area contributed by atoms with Gasteiger partial charge < -0.3 is 25.0 Å². The molecule has 2 heterocycles. The number of carbonyl (C=O) groups excluding carboxylic acids is 2. The maximum atomic E-state index is 13.2. The molecule has 0 aromatic rings. The molecule has 0 aromatic heterocycles. The number of ether oxygens (including phenoxy) is 2. The Morgan fingerprint density at radius 3 is 2.29 bits per heavy atom. The van der Waals surface area contributed by atoms with Gasteiger partial charge in [-0.3, -0.25) is 4.79 Å². The summed E-state index contributed by atoms with van der Waals surface area (Å²) in [5.74, 6) is 1.49. The normalized spacial score (nSPS) is 30.3. The standard InChI is InChI=1S/C24H43N3O4/c1-16(2)17-8-10-19(11-9-17)30-15-21-20(25)7-6-12-27(21)22(28)18-13-26(14-18)23(29)31-24(3,4)5/h16-21H,6-15,25H2,1-5H3/t17?,19?,20-,21-/m0/s1. The largest absolute Gasteiger partial charge is 0.444 e. The molecule has 3 rings (SSSR count). The van der Waals surface area contributed by atoms with E-state index in [2.05, 4.69) is 13.8 Å². The molecule has 7 nitrogen and oxygen atoms in total. The number of carbonyl (C=O) groups is 2.